The first kappa shape index (κ1) is 15.4. The highest BCUT2D eigenvalue weighted by Crippen LogP contribution is 2.16. The molecular formula is C14H28N2O2. The van der Waals surface area contributed by atoms with E-state index in [9.17, 15) is 4.79 Å². The van der Waals surface area contributed by atoms with Crippen molar-refractivity contribution in [2.45, 2.75) is 58.0 Å². The van der Waals surface area contributed by atoms with E-state index in [-0.39, 0.29) is 17.9 Å². The second kappa shape index (κ2) is 8.48. The van der Waals surface area contributed by atoms with Gasteiger partial charge in [-0.3, -0.25) is 4.79 Å². The normalized spacial score (nSPS) is 25.7. The van der Waals surface area contributed by atoms with Crippen LogP contribution >= 0.6 is 0 Å². The number of amides is 1. The van der Waals surface area contributed by atoms with Gasteiger partial charge in [0.25, 0.3) is 0 Å². The van der Waals surface area contributed by atoms with Crippen molar-refractivity contribution in [3.05, 3.63) is 0 Å². The van der Waals surface area contributed by atoms with Gasteiger partial charge in [-0.1, -0.05) is 19.8 Å². The minimum absolute atomic E-state index is 0.169. The number of rotatable bonds is 7. The van der Waals surface area contributed by atoms with Crippen molar-refractivity contribution < 1.29 is 9.53 Å². The Morgan fingerprint density at radius 1 is 1.56 bits per heavy atom. The van der Waals surface area contributed by atoms with Crippen molar-refractivity contribution in [1.82, 2.24) is 10.6 Å². The molecule has 0 aromatic carbocycles. The summed E-state index contributed by atoms with van der Waals surface area (Å²) in [5.74, 6) is 0.378. The predicted octanol–water partition coefficient (Wildman–Crippen LogP) is 1.70. The lowest BCUT2D eigenvalue weighted by Crippen LogP contribution is -2.46. The molecule has 1 rings (SSSR count). The molecule has 18 heavy (non-hydrogen) atoms. The highest BCUT2D eigenvalue weighted by Gasteiger charge is 2.26. The molecule has 106 valence electrons. The maximum atomic E-state index is 12.2. The fourth-order valence-corrected chi connectivity index (χ4v) is 2.54. The van der Waals surface area contributed by atoms with E-state index in [0.29, 0.717) is 12.6 Å². The predicted molar refractivity (Wildman–Crippen MR) is 73.5 cm³/mol. The summed E-state index contributed by atoms with van der Waals surface area (Å²) in [5, 5.41) is 6.53. The van der Waals surface area contributed by atoms with Gasteiger partial charge >= 0.3 is 0 Å². The smallest absolute Gasteiger partial charge is 0.223 e. The molecule has 3 atom stereocenters. The molecule has 1 aliphatic rings. The van der Waals surface area contributed by atoms with Crippen LogP contribution in [0.4, 0.5) is 0 Å². The number of carbonyl (C=O) groups is 1. The fourth-order valence-electron chi connectivity index (χ4n) is 2.54. The van der Waals surface area contributed by atoms with Crippen LogP contribution in [0.15, 0.2) is 0 Å². The maximum absolute atomic E-state index is 12.2. The molecule has 0 bridgehead atoms. The molecule has 0 aliphatic carbocycles. The summed E-state index contributed by atoms with van der Waals surface area (Å²) in [6.45, 7) is 5.87. The van der Waals surface area contributed by atoms with Gasteiger partial charge in [-0.15, -0.1) is 0 Å². The topological polar surface area (TPSA) is 50.4 Å². The molecule has 4 heteroatoms. The third kappa shape index (κ3) is 5.36. The summed E-state index contributed by atoms with van der Waals surface area (Å²) < 4.78 is 5.18. The number of ether oxygens (including phenoxy) is 1. The zero-order valence-corrected chi connectivity index (χ0v) is 12.0. The molecule has 0 saturated carbocycles. The van der Waals surface area contributed by atoms with E-state index >= 15 is 0 Å². The summed E-state index contributed by atoms with van der Waals surface area (Å²) in [5.41, 5.74) is 0. The highest BCUT2D eigenvalue weighted by atomic mass is 16.5. The molecular weight excluding hydrogens is 228 g/mol. The van der Waals surface area contributed by atoms with Crippen LogP contribution in [0.5, 0.6) is 0 Å². The number of piperidine rings is 1. The van der Waals surface area contributed by atoms with Crippen molar-refractivity contribution in [2.75, 3.05) is 20.3 Å². The van der Waals surface area contributed by atoms with Gasteiger partial charge in [-0.2, -0.15) is 0 Å². The van der Waals surface area contributed by atoms with Gasteiger partial charge in [0.15, 0.2) is 0 Å². The van der Waals surface area contributed by atoms with E-state index in [1.165, 1.54) is 0 Å². The minimum Gasteiger partial charge on any atom is -0.383 e. The summed E-state index contributed by atoms with van der Waals surface area (Å²) in [6, 6.07) is 0.624. The van der Waals surface area contributed by atoms with Crippen LogP contribution in [-0.4, -0.2) is 38.3 Å². The first-order valence-corrected chi connectivity index (χ1v) is 7.20. The molecule has 1 fully saturated rings. The lowest BCUT2D eigenvalue weighted by atomic mass is 9.92. The third-order valence-corrected chi connectivity index (χ3v) is 3.61. The quantitative estimate of drug-likeness (QED) is 0.729. The lowest BCUT2D eigenvalue weighted by Gasteiger charge is -2.28. The van der Waals surface area contributed by atoms with E-state index in [0.717, 1.165) is 38.6 Å². The van der Waals surface area contributed by atoms with E-state index < -0.39 is 0 Å². The Labute approximate surface area is 111 Å². The standard InChI is InChI=1S/C14H28N2O2/c1-4-5-6-13(10-18-3)16-14(17)12-7-8-15-11(2)9-12/h11-13,15H,4-10H2,1-3H3,(H,16,17)/t11-,12-,13?/m0/s1. The molecule has 0 aromatic rings. The first-order valence-electron chi connectivity index (χ1n) is 7.20. The molecule has 1 unspecified atom stereocenters. The van der Waals surface area contributed by atoms with E-state index in [2.05, 4.69) is 24.5 Å². The van der Waals surface area contributed by atoms with Crippen LogP contribution in [-0.2, 0) is 9.53 Å². The van der Waals surface area contributed by atoms with Crippen molar-refractivity contribution >= 4 is 5.91 Å². The summed E-state index contributed by atoms with van der Waals surface area (Å²) in [7, 11) is 1.69. The molecule has 4 nitrogen and oxygen atoms in total. The Balaban J connectivity index is 2.38. The minimum atomic E-state index is 0.169. The van der Waals surface area contributed by atoms with Crippen LogP contribution in [0, 0.1) is 5.92 Å². The SMILES string of the molecule is CCCCC(COC)NC(=O)[C@H]1CCN[C@@H](C)C1. The van der Waals surface area contributed by atoms with Crippen LogP contribution in [0.1, 0.15) is 46.0 Å². The Kier molecular flexibility index (Phi) is 7.28. The Morgan fingerprint density at radius 2 is 2.33 bits per heavy atom. The largest absolute Gasteiger partial charge is 0.383 e. The summed E-state index contributed by atoms with van der Waals surface area (Å²) in [6.07, 6.45) is 5.19. The Bertz CT molecular complexity index is 246. The molecule has 1 aliphatic heterocycles. The molecule has 1 amide bonds. The monoisotopic (exact) mass is 256 g/mol. The van der Waals surface area contributed by atoms with Crippen LogP contribution < -0.4 is 10.6 Å². The second-order valence-electron chi connectivity index (χ2n) is 5.38. The van der Waals surface area contributed by atoms with Gasteiger partial charge < -0.3 is 15.4 Å². The van der Waals surface area contributed by atoms with Crippen molar-refractivity contribution in [3.63, 3.8) is 0 Å². The molecule has 2 N–H and O–H groups in total. The van der Waals surface area contributed by atoms with Crippen molar-refractivity contribution in [2.24, 2.45) is 5.92 Å². The van der Waals surface area contributed by atoms with Crippen LogP contribution in [0.25, 0.3) is 0 Å². The van der Waals surface area contributed by atoms with Crippen molar-refractivity contribution in [1.29, 1.82) is 0 Å². The molecule has 0 spiro atoms. The number of hydrogen-bond donors (Lipinski definition) is 2. The van der Waals surface area contributed by atoms with Gasteiger partial charge in [0.05, 0.1) is 12.6 Å². The Morgan fingerprint density at radius 3 is 2.94 bits per heavy atom. The van der Waals surface area contributed by atoms with Gasteiger partial charge in [0.2, 0.25) is 5.91 Å². The van der Waals surface area contributed by atoms with Gasteiger partial charge in [-0.05, 0) is 32.7 Å². The molecule has 0 aromatic heterocycles. The zero-order chi connectivity index (χ0) is 13.4. The third-order valence-electron chi connectivity index (χ3n) is 3.61. The summed E-state index contributed by atoms with van der Waals surface area (Å²) in [4.78, 5) is 12.2. The average Bonchev–Trinajstić information content (AvgIpc) is 2.36. The van der Waals surface area contributed by atoms with Crippen LogP contribution in [0.3, 0.4) is 0 Å². The number of nitrogens with one attached hydrogen (secondary N) is 2. The first-order chi connectivity index (χ1) is 8.67. The number of unbranched alkanes of at least 4 members (excludes halogenated alkanes) is 1. The fraction of sp³-hybridized carbons (Fsp3) is 0.929. The van der Waals surface area contributed by atoms with Crippen molar-refractivity contribution in [3.8, 4) is 0 Å². The molecule has 1 heterocycles. The number of carbonyl (C=O) groups excluding carboxylic acids is 1. The second-order valence-corrected chi connectivity index (χ2v) is 5.38. The van der Waals surface area contributed by atoms with Gasteiger partial charge in [-0.25, -0.2) is 0 Å². The maximum Gasteiger partial charge on any atom is 0.223 e. The van der Waals surface area contributed by atoms with E-state index in [1.54, 1.807) is 7.11 Å². The van der Waals surface area contributed by atoms with Crippen LogP contribution in [0.2, 0.25) is 0 Å². The summed E-state index contributed by atoms with van der Waals surface area (Å²) >= 11 is 0. The lowest BCUT2D eigenvalue weighted by molar-refractivity contribution is -0.127. The van der Waals surface area contributed by atoms with E-state index in [4.69, 9.17) is 4.74 Å². The Hall–Kier alpha value is -0.610. The highest BCUT2D eigenvalue weighted by molar-refractivity contribution is 5.79. The van der Waals surface area contributed by atoms with E-state index in [1.807, 2.05) is 0 Å². The van der Waals surface area contributed by atoms with Gasteiger partial charge in [0.1, 0.15) is 0 Å². The molecule has 0 radical (unpaired) electrons. The van der Waals surface area contributed by atoms with Gasteiger partial charge in [0, 0.05) is 19.1 Å². The number of hydrogen-bond acceptors (Lipinski definition) is 3. The number of methoxy groups -OCH3 is 1. The molecule has 1 saturated heterocycles. The zero-order valence-electron chi connectivity index (χ0n) is 12.0. The average molecular weight is 256 g/mol.